The quantitative estimate of drug-likeness (QED) is 0.714. The zero-order chi connectivity index (χ0) is 13.9. The van der Waals surface area contributed by atoms with Gasteiger partial charge in [-0.1, -0.05) is 12.1 Å². The summed E-state index contributed by atoms with van der Waals surface area (Å²) in [5.74, 6) is 0.290. The lowest BCUT2D eigenvalue weighted by Gasteiger charge is -2.05. The molecule has 0 spiro atoms. The topological polar surface area (TPSA) is 52.1 Å². The molecule has 4 heteroatoms. The van der Waals surface area contributed by atoms with Gasteiger partial charge in [-0.25, -0.2) is 9.97 Å². The lowest BCUT2D eigenvalue weighted by molar-refractivity contribution is 0.413. The second-order valence-corrected chi connectivity index (χ2v) is 4.28. The van der Waals surface area contributed by atoms with Crippen LogP contribution in [0, 0.1) is 0 Å². The zero-order valence-corrected chi connectivity index (χ0v) is 10.9. The van der Waals surface area contributed by atoms with Gasteiger partial charge in [-0.05, 0) is 36.4 Å². The van der Waals surface area contributed by atoms with Crippen LogP contribution >= 0.6 is 0 Å². The largest absolute Gasteiger partial charge is 0.492 e. The number of nitrogens with zero attached hydrogens (tertiary/aromatic N) is 2. The van der Waals surface area contributed by atoms with Crippen LogP contribution in [0.15, 0.2) is 59.5 Å². The molecule has 1 aromatic carbocycles. The molecule has 0 aliphatic carbocycles. The molecule has 0 saturated heterocycles. The van der Waals surface area contributed by atoms with E-state index in [4.69, 9.17) is 4.74 Å². The first-order valence-corrected chi connectivity index (χ1v) is 6.19. The number of ether oxygens (including phenoxy) is 1. The normalized spacial score (nSPS) is 10.4. The Labute approximate surface area is 115 Å². The van der Waals surface area contributed by atoms with Crippen molar-refractivity contribution in [1.29, 1.82) is 0 Å². The summed E-state index contributed by atoms with van der Waals surface area (Å²) in [5, 5.41) is 0.956. The third-order valence-electron chi connectivity index (χ3n) is 3.03. The van der Waals surface area contributed by atoms with Crippen molar-refractivity contribution in [3.05, 3.63) is 65.0 Å². The third-order valence-corrected chi connectivity index (χ3v) is 3.03. The minimum absolute atomic E-state index is 0.171. The monoisotopic (exact) mass is 264 g/mol. The summed E-state index contributed by atoms with van der Waals surface area (Å²) in [7, 11) is 1.49. The maximum Gasteiger partial charge on any atom is 0.221 e. The van der Waals surface area contributed by atoms with Crippen LogP contribution in [0.4, 0.5) is 0 Å². The first-order chi connectivity index (χ1) is 9.79. The molecule has 0 bridgehead atoms. The van der Waals surface area contributed by atoms with Gasteiger partial charge in [-0.2, -0.15) is 0 Å². The van der Waals surface area contributed by atoms with Crippen molar-refractivity contribution in [2.45, 2.75) is 0 Å². The predicted octanol–water partition coefficient (Wildman–Crippen LogP) is 2.67. The van der Waals surface area contributed by atoms with Gasteiger partial charge in [-0.15, -0.1) is 0 Å². The van der Waals surface area contributed by atoms with E-state index in [2.05, 4.69) is 9.97 Å². The third kappa shape index (κ3) is 2.12. The Morgan fingerprint density at radius 2 is 1.85 bits per heavy atom. The number of fused-ring (bicyclic) bond motifs is 1. The maximum atomic E-state index is 11.9. The molecule has 2 aromatic heterocycles. The molecule has 3 rings (SSSR count). The van der Waals surface area contributed by atoms with Crippen molar-refractivity contribution in [2.24, 2.45) is 0 Å². The minimum Gasteiger partial charge on any atom is -0.492 e. The molecule has 0 unspecified atom stereocenters. The average Bonchev–Trinajstić information content (AvgIpc) is 2.68. The standard InChI is InChI=1S/C16H12N2O2/c1-20-15-12(6-2-3-7-14(15)19)13-9-8-11-5-4-10-17-16(11)18-13/h2-10H,1H3. The van der Waals surface area contributed by atoms with Crippen LogP contribution in [0.5, 0.6) is 5.75 Å². The molecule has 0 fully saturated rings. The zero-order valence-electron chi connectivity index (χ0n) is 10.9. The summed E-state index contributed by atoms with van der Waals surface area (Å²) in [6.45, 7) is 0. The Kier molecular flexibility index (Phi) is 3.13. The summed E-state index contributed by atoms with van der Waals surface area (Å²) < 4.78 is 5.23. The number of hydrogen-bond donors (Lipinski definition) is 0. The minimum atomic E-state index is -0.171. The molecule has 0 aliphatic heterocycles. The number of methoxy groups -OCH3 is 1. The van der Waals surface area contributed by atoms with Crippen LogP contribution in [0.3, 0.4) is 0 Å². The van der Waals surface area contributed by atoms with E-state index in [9.17, 15) is 4.79 Å². The Morgan fingerprint density at radius 3 is 2.70 bits per heavy atom. The first-order valence-electron chi connectivity index (χ1n) is 6.19. The van der Waals surface area contributed by atoms with Crippen LogP contribution in [0.1, 0.15) is 0 Å². The molecule has 0 atom stereocenters. The summed E-state index contributed by atoms with van der Waals surface area (Å²) in [6, 6.07) is 14.4. The van der Waals surface area contributed by atoms with Gasteiger partial charge in [0.2, 0.25) is 5.43 Å². The second-order valence-electron chi connectivity index (χ2n) is 4.28. The maximum absolute atomic E-state index is 11.9. The lowest BCUT2D eigenvalue weighted by atomic mass is 10.1. The van der Waals surface area contributed by atoms with Crippen molar-refractivity contribution >= 4 is 11.0 Å². The first kappa shape index (κ1) is 12.3. The number of pyridine rings is 2. The van der Waals surface area contributed by atoms with Gasteiger partial charge in [0.25, 0.3) is 0 Å². The van der Waals surface area contributed by atoms with Gasteiger partial charge in [0, 0.05) is 17.1 Å². The van der Waals surface area contributed by atoms with Crippen LogP contribution in [0.2, 0.25) is 0 Å². The highest BCUT2D eigenvalue weighted by atomic mass is 16.5. The van der Waals surface area contributed by atoms with E-state index in [0.29, 0.717) is 16.9 Å². The van der Waals surface area contributed by atoms with E-state index in [0.717, 1.165) is 5.39 Å². The van der Waals surface area contributed by atoms with Crippen molar-refractivity contribution in [3.63, 3.8) is 0 Å². The molecule has 4 nitrogen and oxygen atoms in total. The summed E-state index contributed by atoms with van der Waals surface area (Å²) in [4.78, 5) is 20.7. The predicted molar refractivity (Wildman–Crippen MR) is 77.8 cm³/mol. The highest BCUT2D eigenvalue weighted by Gasteiger charge is 2.09. The van der Waals surface area contributed by atoms with E-state index in [1.165, 1.54) is 13.2 Å². The molecule has 0 aliphatic rings. The fourth-order valence-corrected chi connectivity index (χ4v) is 2.09. The molecule has 0 saturated carbocycles. The summed E-state index contributed by atoms with van der Waals surface area (Å²) >= 11 is 0. The van der Waals surface area contributed by atoms with Crippen molar-refractivity contribution in [1.82, 2.24) is 9.97 Å². The Balaban J connectivity index is 2.28. The molecular formula is C16H12N2O2. The molecule has 98 valence electrons. The lowest BCUT2D eigenvalue weighted by Crippen LogP contribution is -2.02. The van der Waals surface area contributed by atoms with Crippen molar-refractivity contribution in [2.75, 3.05) is 7.11 Å². The van der Waals surface area contributed by atoms with Gasteiger partial charge in [0.15, 0.2) is 11.4 Å². The van der Waals surface area contributed by atoms with Gasteiger partial charge >= 0.3 is 0 Å². The molecule has 2 heterocycles. The number of aromatic nitrogens is 2. The number of hydrogen-bond acceptors (Lipinski definition) is 4. The van der Waals surface area contributed by atoms with E-state index >= 15 is 0 Å². The van der Waals surface area contributed by atoms with Gasteiger partial charge < -0.3 is 4.74 Å². The van der Waals surface area contributed by atoms with Gasteiger partial charge in [0.1, 0.15) is 0 Å². The molecule has 0 N–H and O–H groups in total. The average molecular weight is 264 g/mol. The van der Waals surface area contributed by atoms with E-state index in [1.807, 2.05) is 30.3 Å². The molecule has 0 radical (unpaired) electrons. The van der Waals surface area contributed by atoms with Crippen molar-refractivity contribution in [3.8, 4) is 17.0 Å². The molecular weight excluding hydrogens is 252 g/mol. The highest BCUT2D eigenvalue weighted by Crippen LogP contribution is 2.25. The summed E-state index contributed by atoms with van der Waals surface area (Å²) in [6.07, 6.45) is 1.69. The van der Waals surface area contributed by atoms with Crippen LogP contribution < -0.4 is 10.2 Å². The van der Waals surface area contributed by atoms with Crippen LogP contribution in [-0.4, -0.2) is 17.1 Å². The fourth-order valence-electron chi connectivity index (χ4n) is 2.09. The van der Waals surface area contributed by atoms with Crippen LogP contribution in [-0.2, 0) is 0 Å². The molecule has 0 amide bonds. The Morgan fingerprint density at radius 1 is 1.00 bits per heavy atom. The van der Waals surface area contributed by atoms with Gasteiger partial charge in [0.05, 0.1) is 12.8 Å². The molecule has 20 heavy (non-hydrogen) atoms. The second kappa shape index (κ2) is 5.09. The van der Waals surface area contributed by atoms with Crippen LogP contribution in [0.25, 0.3) is 22.3 Å². The number of rotatable bonds is 2. The van der Waals surface area contributed by atoms with E-state index < -0.39 is 0 Å². The molecule has 3 aromatic rings. The van der Waals surface area contributed by atoms with Crippen molar-refractivity contribution < 1.29 is 4.74 Å². The smallest absolute Gasteiger partial charge is 0.221 e. The highest BCUT2D eigenvalue weighted by molar-refractivity contribution is 5.79. The Hall–Kier alpha value is -2.75. The Bertz CT molecular complexity index is 831. The van der Waals surface area contributed by atoms with Gasteiger partial charge in [-0.3, -0.25) is 4.79 Å². The van der Waals surface area contributed by atoms with E-state index in [-0.39, 0.29) is 11.2 Å². The summed E-state index contributed by atoms with van der Waals surface area (Å²) in [5.41, 5.74) is 1.80. The van der Waals surface area contributed by atoms with E-state index in [1.54, 1.807) is 18.3 Å². The fraction of sp³-hybridized carbons (Fsp3) is 0.0625. The SMILES string of the molecule is COc1c(-c2ccc3cccnc3n2)ccccc1=O.